The summed E-state index contributed by atoms with van der Waals surface area (Å²) < 4.78 is 5.46. The van der Waals surface area contributed by atoms with E-state index in [2.05, 4.69) is 10.2 Å². The average Bonchev–Trinajstić information content (AvgIpc) is 3.05. The summed E-state index contributed by atoms with van der Waals surface area (Å²) in [5.74, 6) is 0.633. The minimum Gasteiger partial charge on any atom is -0.381 e. The van der Waals surface area contributed by atoms with Gasteiger partial charge in [-0.25, -0.2) is 5.10 Å². The Labute approximate surface area is 136 Å². The summed E-state index contributed by atoms with van der Waals surface area (Å²) in [5, 5.41) is 6.58. The monoisotopic (exact) mass is 319 g/mol. The second-order valence-electron chi connectivity index (χ2n) is 6.69. The van der Waals surface area contributed by atoms with Crippen molar-refractivity contribution in [3.63, 3.8) is 0 Å². The zero-order valence-corrected chi connectivity index (χ0v) is 13.7. The predicted octanol–water partition coefficient (Wildman–Crippen LogP) is 2.03. The number of hydrogen-bond acceptors (Lipinski definition) is 4. The fraction of sp³-hybridized carbons (Fsp3) is 0.706. The zero-order valence-electron chi connectivity index (χ0n) is 13.7. The maximum Gasteiger partial charge on any atom is 0.264 e. The number of aromatic amines is 1. The number of ether oxygens (including phenoxy) is 1. The minimum absolute atomic E-state index is 0.00108. The fourth-order valence-electron chi connectivity index (χ4n) is 3.92. The first-order valence-electron chi connectivity index (χ1n) is 8.55. The fourth-order valence-corrected chi connectivity index (χ4v) is 3.92. The van der Waals surface area contributed by atoms with E-state index < -0.39 is 0 Å². The highest BCUT2D eigenvalue weighted by Gasteiger charge is 2.33. The van der Waals surface area contributed by atoms with Crippen LogP contribution in [0.3, 0.4) is 0 Å². The highest BCUT2D eigenvalue weighted by Crippen LogP contribution is 2.34. The van der Waals surface area contributed by atoms with Gasteiger partial charge in [0, 0.05) is 26.1 Å². The van der Waals surface area contributed by atoms with E-state index in [1.807, 2.05) is 4.90 Å². The van der Waals surface area contributed by atoms with Gasteiger partial charge in [0.05, 0.1) is 17.8 Å². The summed E-state index contributed by atoms with van der Waals surface area (Å²) in [6.07, 6.45) is 7.14. The van der Waals surface area contributed by atoms with Crippen molar-refractivity contribution >= 4 is 5.91 Å². The molecule has 126 valence electrons. The van der Waals surface area contributed by atoms with Gasteiger partial charge in [-0.05, 0) is 44.1 Å². The first kappa shape index (κ1) is 16.2. The van der Waals surface area contributed by atoms with Crippen LogP contribution in [0.1, 0.15) is 56.7 Å². The van der Waals surface area contributed by atoms with Crippen LogP contribution in [0.2, 0.25) is 0 Å². The molecule has 6 heteroatoms. The van der Waals surface area contributed by atoms with Crippen LogP contribution in [0.15, 0.2) is 16.9 Å². The van der Waals surface area contributed by atoms with Gasteiger partial charge in [0.15, 0.2) is 0 Å². The quantitative estimate of drug-likeness (QED) is 0.921. The second-order valence-corrected chi connectivity index (χ2v) is 6.69. The third-order valence-corrected chi connectivity index (χ3v) is 5.15. The Morgan fingerprint density at radius 3 is 2.96 bits per heavy atom. The third-order valence-electron chi connectivity index (χ3n) is 5.15. The molecule has 3 unspecified atom stereocenters. The molecule has 1 saturated carbocycles. The topological polar surface area (TPSA) is 75.3 Å². The molecule has 2 fully saturated rings. The largest absolute Gasteiger partial charge is 0.381 e. The van der Waals surface area contributed by atoms with Crippen molar-refractivity contribution in [3.8, 4) is 0 Å². The van der Waals surface area contributed by atoms with Crippen LogP contribution in [0.4, 0.5) is 0 Å². The molecule has 1 aliphatic carbocycles. The highest BCUT2D eigenvalue weighted by molar-refractivity contribution is 5.77. The van der Waals surface area contributed by atoms with E-state index in [9.17, 15) is 9.59 Å². The smallest absolute Gasteiger partial charge is 0.264 e. The lowest BCUT2D eigenvalue weighted by molar-refractivity contribution is -0.133. The van der Waals surface area contributed by atoms with E-state index in [0.29, 0.717) is 18.4 Å². The first-order valence-corrected chi connectivity index (χ1v) is 8.55. The lowest BCUT2D eigenvalue weighted by Gasteiger charge is -2.30. The predicted molar refractivity (Wildman–Crippen MR) is 85.9 cm³/mol. The molecule has 1 aromatic heterocycles. The molecule has 2 heterocycles. The molecule has 23 heavy (non-hydrogen) atoms. The molecule has 2 aliphatic rings. The van der Waals surface area contributed by atoms with Crippen LogP contribution < -0.4 is 5.56 Å². The van der Waals surface area contributed by atoms with Gasteiger partial charge in [-0.3, -0.25) is 9.59 Å². The summed E-state index contributed by atoms with van der Waals surface area (Å²) in [5.41, 5.74) is 0.575. The standard InChI is InChI=1S/C17H25N3O3/c1-23-13-5-2-4-12(10-13)11-17(22)20-9-3-6-15(20)14-7-8-16(21)19-18-14/h7-8,12-13,15H,2-6,9-11H2,1H3,(H,19,21). The van der Waals surface area contributed by atoms with E-state index >= 15 is 0 Å². The van der Waals surface area contributed by atoms with Crippen molar-refractivity contribution < 1.29 is 9.53 Å². The molecular weight excluding hydrogens is 294 g/mol. The van der Waals surface area contributed by atoms with Crippen molar-refractivity contribution in [2.75, 3.05) is 13.7 Å². The number of carbonyl (C=O) groups is 1. The Bertz CT molecular complexity index is 580. The molecule has 1 N–H and O–H groups in total. The van der Waals surface area contributed by atoms with Crippen LogP contribution in [0.25, 0.3) is 0 Å². The van der Waals surface area contributed by atoms with E-state index in [-0.39, 0.29) is 17.5 Å². The SMILES string of the molecule is COC1CCCC(CC(=O)N2CCCC2c2ccc(=O)[nH]n2)C1. The van der Waals surface area contributed by atoms with Crippen LogP contribution in [-0.4, -0.2) is 40.8 Å². The molecule has 1 aromatic rings. The number of aromatic nitrogens is 2. The number of nitrogens with zero attached hydrogens (tertiary/aromatic N) is 2. The Morgan fingerprint density at radius 1 is 1.35 bits per heavy atom. The van der Waals surface area contributed by atoms with Crippen molar-refractivity contribution in [2.24, 2.45) is 5.92 Å². The van der Waals surface area contributed by atoms with Gasteiger partial charge in [0.2, 0.25) is 5.91 Å². The van der Waals surface area contributed by atoms with Gasteiger partial charge in [-0.1, -0.05) is 6.42 Å². The Morgan fingerprint density at radius 2 is 2.22 bits per heavy atom. The molecule has 1 amide bonds. The van der Waals surface area contributed by atoms with Crippen LogP contribution in [-0.2, 0) is 9.53 Å². The van der Waals surface area contributed by atoms with Crippen LogP contribution in [0.5, 0.6) is 0 Å². The first-order chi connectivity index (χ1) is 11.2. The second kappa shape index (κ2) is 7.25. The zero-order chi connectivity index (χ0) is 16.2. The van der Waals surface area contributed by atoms with E-state index in [0.717, 1.165) is 50.8 Å². The summed E-state index contributed by atoms with van der Waals surface area (Å²) in [6, 6.07) is 3.21. The van der Waals surface area contributed by atoms with E-state index in [1.54, 1.807) is 13.2 Å². The Balaban J connectivity index is 1.64. The van der Waals surface area contributed by atoms with E-state index in [1.165, 1.54) is 6.07 Å². The maximum atomic E-state index is 12.7. The number of carbonyl (C=O) groups excluding carboxylic acids is 1. The van der Waals surface area contributed by atoms with Gasteiger partial charge < -0.3 is 9.64 Å². The number of amides is 1. The molecule has 0 aromatic carbocycles. The molecule has 3 atom stereocenters. The number of likely N-dealkylation sites (tertiary alicyclic amines) is 1. The van der Waals surface area contributed by atoms with Crippen LogP contribution in [0, 0.1) is 5.92 Å². The number of hydrogen-bond donors (Lipinski definition) is 1. The molecule has 6 nitrogen and oxygen atoms in total. The molecular formula is C17H25N3O3. The summed E-state index contributed by atoms with van der Waals surface area (Å²) >= 11 is 0. The molecule has 1 aliphatic heterocycles. The van der Waals surface area contributed by atoms with Gasteiger partial charge in [-0.15, -0.1) is 0 Å². The number of nitrogens with one attached hydrogen (secondary N) is 1. The Kier molecular flexibility index (Phi) is 5.10. The van der Waals surface area contributed by atoms with E-state index in [4.69, 9.17) is 4.74 Å². The molecule has 1 saturated heterocycles. The number of methoxy groups -OCH3 is 1. The van der Waals surface area contributed by atoms with Gasteiger partial charge in [0.1, 0.15) is 0 Å². The van der Waals surface area contributed by atoms with Crippen molar-refractivity contribution in [2.45, 2.75) is 57.1 Å². The lowest BCUT2D eigenvalue weighted by Crippen LogP contribution is -2.34. The van der Waals surface area contributed by atoms with Crippen molar-refractivity contribution in [1.29, 1.82) is 0 Å². The molecule has 0 spiro atoms. The summed E-state index contributed by atoms with van der Waals surface area (Å²) in [7, 11) is 1.76. The molecule has 3 rings (SSSR count). The lowest BCUT2D eigenvalue weighted by atomic mass is 9.84. The summed E-state index contributed by atoms with van der Waals surface area (Å²) in [4.78, 5) is 25.8. The highest BCUT2D eigenvalue weighted by atomic mass is 16.5. The summed E-state index contributed by atoms with van der Waals surface area (Å²) in [6.45, 7) is 0.782. The van der Waals surface area contributed by atoms with Crippen molar-refractivity contribution in [3.05, 3.63) is 28.2 Å². The number of rotatable bonds is 4. The molecule has 0 radical (unpaired) electrons. The Hall–Kier alpha value is -1.69. The van der Waals surface area contributed by atoms with Crippen molar-refractivity contribution in [1.82, 2.24) is 15.1 Å². The van der Waals surface area contributed by atoms with Gasteiger partial charge in [-0.2, -0.15) is 5.10 Å². The number of H-pyrrole nitrogens is 1. The van der Waals surface area contributed by atoms with Gasteiger partial charge >= 0.3 is 0 Å². The molecule has 0 bridgehead atoms. The minimum atomic E-state index is -0.211. The van der Waals surface area contributed by atoms with Crippen LogP contribution >= 0.6 is 0 Å². The average molecular weight is 319 g/mol. The maximum absolute atomic E-state index is 12.7. The third kappa shape index (κ3) is 3.80. The van der Waals surface area contributed by atoms with Gasteiger partial charge in [0.25, 0.3) is 5.56 Å². The normalized spacial score (nSPS) is 28.0.